The van der Waals surface area contributed by atoms with Crippen molar-refractivity contribution in [3.8, 4) is 11.8 Å². The minimum atomic E-state index is -0.483. The van der Waals surface area contributed by atoms with Gasteiger partial charge in [0.1, 0.15) is 12.2 Å². The van der Waals surface area contributed by atoms with Crippen LogP contribution in [-0.2, 0) is 4.79 Å². The SMILES string of the molecule is N#CCC(=O)N/N=C\c1cc(I)cc(I)c1O. The van der Waals surface area contributed by atoms with E-state index in [1.165, 1.54) is 6.21 Å². The number of phenols is 1. The van der Waals surface area contributed by atoms with Crippen LogP contribution in [0.25, 0.3) is 0 Å². The predicted molar refractivity (Wildman–Crippen MR) is 79.5 cm³/mol. The van der Waals surface area contributed by atoms with Crippen LogP contribution in [0.1, 0.15) is 12.0 Å². The number of hydrazone groups is 1. The van der Waals surface area contributed by atoms with Gasteiger partial charge in [-0.25, -0.2) is 5.43 Å². The molecular weight excluding hydrogens is 448 g/mol. The zero-order valence-electron chi connectivity index (χ0n) is 8.44. The Labute approximate surface area is 125 Å². The number of aromatic hydroxyl groups is 1. The van der Waals surface area contributed by atoms with E-state index in [1.54, 1.807) is 12.1 Å². The Balaban J connectivity index is 2.79. The van der Waals surface area contributed by atoms with E-state index in [1.807, 2.05) is 28.7 Å². The second kappa shape index (κ2) is 6.75. The first-order chi connectivity index (χ1) is 8.04. The Morgan fingerprint density at radius 3 is 2.94 bits per heavy atom. The highest BCUT2D eigenvalue weighted by Gasteiger charge is 2.05. The van der Waals surface area contributed by atoms with Crippen molar-refractivity contribution < 1.29 is 9.90 Å². The maximum Gasteiger partial charge on any atom is 0.254 e. The summed E-state index contributed by atoms with van der Waals surface area (Å²) >= 11 is 4.13. The smallest absolute Gasteiger partial charge is 0.254 e. The van der Waals surface area contributed by atoms with Crippen molar-refractivity contribution in [1.29, 1.82) is 5.26 Å². The summed E-state index contributed by atoms with van der Waals surface area (Å²) in [6.07, 6.45) is 1.10. The van der Waals surface area contributed by atoms with Gasteiger partial charge in [0.15, 0.2) is 0 Å². The van der Waals surface area contributed by atoms with Crippen LogP contribution in [0.15, 0.2) is 17.2 Å². The van der Waals surface area contributed by atoms with Crippen LogP contribution in [0.2, 0.25) is 0 Å². The van der Waals surface area contributed by atoms with Gasteiger partial charge in [-0.3, -0.25) is 4.79 Å². The topological polar surface area (TPSA) is 85.5 Å². The number of nitriles is 1. The quantitative estimate of drug-likeness (QED) is 0.416. The predicted octanol–water partition coefficient (Wildman–Crippen LogP) is 1.97. The number of benzene rings is 1. The highest BCUT2D eigenvalue weighted by atomic mass is 127. The van der Waals surface area contributed by atoms with Gasteiger partial charge < -0.3 is 5.11 Å². The number of carbonyl (C=O) groups excluding carboxylic acids is 1. The molecule has 5 nitrogen and oxygen atoms in total. The van der Waals surface area contributed by atoms with Crippen molar-refractivity contribution in [1.82, 2.24) is 5.43 Å². The van der Waals surface area contributed by atoms with Gasteiger partial charge in [-0.1, -0.05) is 0 Å². The lowest BCUT2D eigenvalue weighted by molar-refractivity contribution is -0.120. The summed E-state index contributed by atoms with van der Waals surface area (Å²) in [5.41, 5.74) is 2.70. The molecule has 0 aliphatic rings. The molecular formula is C10H7I2N3O2. The second-order valence-corrected chi connectivity index (χ2v) is 5.36. The van der Waals surface area contributed by atoms with Crippen LogP contribution in [0.4, 0.5) is 0 Å². The summed E-state index contributed by atoms with van der Waals surface area (Å²) < 4.78 is 1.66. The van der Waals surface area contributed by atoms with E-state index in [9.17, 15) is 9.90 Å². The zero-order chi connectivity index (χ0) is 12.8. The van der Waals surface area contributed by atoms with Crippen molar-refractivity contribution >= 4 is 57.3 Å². The molecule has 1 amide bonds. The normalized spacial score (nSPS) is 10.2. The Morgan fingerprint density at radius 1 is 1.59 bits per heavy atom. The molecule has 0 aliphatic heterocycles. The second-order valence-electron chi connectivity index (χ2n) is 2.95. The van der Waals surface area contributed by atoms with Gasteiger partial charge >= 0.3 is 0 Å². The van der Waals surface area contributed by atoms with Gasteiger partial charge in [0.25, 0.3) is 5.91 Å². The van der Waals surface area contributed by atoms with E-state index in [2.05, 4.69) is 33.1 Å². The molecule has 1 aromatic rings. The molecule has 0 unspecified atom stereocenters. The van der Waals surface area contributed by atoms with Crippen LogP contribution in [-0.4, -0.2) is 17.2 Å². The fourth-order valence-electron chi connectivity index (χ4n) is 0.969. The molecule has 0 aromatic heterocycles. The molecule has 2 N–H and O–H groups in total. The monoisotopic (exact) mass is 455 g/mol. The summed E-state index contributed by atoms with van der Waals surface area (Å²) in [5, 5.41) is 21.6. The lowest BCUT2D eigenvalue weighted by Crippen LogP contribution is -2.16. The molecule has 1 rings (SSSR count). The number of hydrogen-bond donors (Lipinski definition) is 2. The highest BCUT2D eigenvalue weighted by molar-refractivity contribution is 14.1. The van der Waals surface area contributed by atoms with Crippen molar-refractivity contribution in [3.63, 3.8) is 0 Å². The van der Waals surface area contributed by atoms with E-state index in [0.717, 1.165) is 3.57 Å². The standard InChI is InChI=1S/C10H7I2N3O2/c11-7-3-6(10(17)8(12)4-7)5-14-15-9(16)1-2-13/h3-5,17H,1H2,(H,15,16)/b14-5-. The molecule has 0 fully saturated rings. The molecule has 0 radical (unpaired) electrons. The molecule has 0 atom stereocenters. The summed E-state index contributed by atoms with van der Waals surface area (Å²) in [6, 6.07) is 5.26. The summed E-state index contributed by atoms with van der Waals surface area (Å²) in [4.78, 5) is 10.9. The van der Waals surface area contributed by atoms with Crippen molar-refractivity contribution in [2.75, 3.05) is 0 Å². The molecule has 1 aromatic carbocycles. The fourth-order valence-corrected chi connectivity index (χ4v) is 2.86. The van der Waals surface area contributed by atoms with Gasteiger partial charge in [0.2, 0.25) is 0 Å². The van der Waals surface area contributed by atoms with Crippen molar-refractivity contribution in [3.05, 3.63) is 24.8 Å². The summed E-state index contributed by atoms with van der Waals surface area (Å²) in [7, 11) is 0. The average molecular weight is 455 g/mol. The van der Waals surface area contributed by atoms with Gasteiger partial charge in [0.05, 0.1) is 15.9 Å². The van der Waals surface area contributed by atoms with Crippen molar-refractivity contribution in [2.24, 2.45) is 5.10 Å². The number of nitrogens with zero attached hydrogens (tertiary/aromatic N) is 2. The number of rotatable bonds is 3. The molecule has 7 heteroatoms. The average Bonchev–Trinajstić information content (AvgIpc) is 2.25. The summed E-state index contributed by atoms with van der Waals surface area (Å²) in [6.45, 7) is 0. The molecule has 0 bridgehead atoms. The number of amides is 1. The fraction of sp³-hybridized carbons (Fsp3) is 0.100. The highest BCUT2D eigenvalue weighted by Crippen LogP contribution is 2.25. The van der Waals surface area contributed by atoms with Crippen LogP contribution >= 0.6 is 45.2 Å². The van der Waals surface area contributed by atoms with E-state index >= 15 is 0 Å². The van der Waals surface area contributed by atoms with Gasteiger partial charge in [-0.15, -0.1) is 0 Å². The van der Waals surface area contributed by atoms with Crippen molar-refractivity contribution in [2.45, 2.75) is 6.42 Å². The molecule has 17 heavy (non-hydrogen) atoms. The Bertz CT molecular complexity index is 509. The zero-order valence-corrected chi connectivity index (χ0v) is 12.8. The number of halogens is 2. The molecule has 0 heterocycles. The maximum atomic E-state index is 10.9. The molecule has 0 spiro atoms. The van der Waals surface area contributed by atoms with Crippen LogP contribution in [0.3, 0.4) is 0 Å². The molecule has 0 saturated heterocycles. The molecule has 0 saturated carbocycles. The van der Waals surface area contributed by atoms with E-state index in [-0.39, 0.29) is 12.2 Å². The molecule has 0 aliphatic carbocycles. The number of carbonyl (C=O) groups is 1. The van der Waals surface area contributed by atoms with E-state index in [4.69, 9.17) is 5.26 Å². The van der Waals surface area contributed by atoms with Crippen LogP contribution < -0.4 is 5.43 Å². The molecule has 88 valence electrons. The summed E-state index contributed by atoms with van der Waals surface area (Å²) in [5.74, 6) is -0.368. The largest absolute Gasteiger partial charge is 0.506 e. The lowest BCUT2D eigenvalue weighted by Gasteiger charge is -2.02. The Hall–Kier alpha value is -0.890. The van der Waals surface area contributed by atoms with E-state index < -0.39 is 5.91 Å². The van der Waals surface area contributed by atoms with Gasteiger partial charge in [-0.2, -0.15) is 10.4 Å². The van der Waals surface area contributed by atoms with Crippen LogP contribution in [0, 0.1) is 18.5 Å². The maximum absolute atomic E-state index is 10.9. The van der Waals surface area contributed by atoms with Crippen LogP contribution in [0.5, 0.6) is 5.75 Å². The first-order valence-electron chi connectivity index (χ1n) is 4.41. The van der Waals surface area contributed by atoms with E-state index in [0.29, 0.717) is 9.13 Å². The van der Waals surface area contributed by atoms with Gasteiger partial charge in [0, 0.05) is 9.13 Å². The first-order valence-corrected chi connectivity index (χ1v) is 6.57. The third-order valence-electron chi connectivity index (χ3n) is 1.69. The minimum Gasteiger partial charge on any atom is -0.506 e. The minimum absolute atomic E-state index is 0.115. The number of hydrogen-bond acceptors (Lipinski definition) is 4. The third-order valence-corrected chi connectivity index (χ3v) is 3.14. The first kappa shape index (κ1) is 14.2. The Kier molecular flexibility index (Phi) is 5.63. The lowest BCUT2D eigenvalue weighted by atomic mass is 10.2. The number of phenolic OH excluding ortho intramolecular Hbond substituents is 1. The number of nitrogens with one attached hydrogen (secondary N) is 1. The van der Waals surface area contributed by atoms with Gasteiger partial charge in [-0.05, 0) is 57.3 Å². The Morgan fingerprint density at radius 2 is 2.29 bits per heavy atom. The third kappa shape index (κ3) is 4.47.